The van der Waals surface area contributed by atoms with Crippen molar-refractivity contribution >= 4 is 39.6 Å². The molecule has 0 fully saturated rings. The van der Waals surface area contributed by atoms with Gasteiger partial charge in [0.1, 0.15) is 0 Å². The van der Waals surface area contributed by atoms with E-state index in [1.165, 1.54) is 4.88 Å². The van der Waals surface area contributed by atoms with Crippen molar-refractivity contribution in [1.29, 1.82) is 0 Å². The van der Waals surface area contributed by atoms with Crippen molar-refractivity contribution in [3.05, 3.63) is 51.4 Å². The maximum atomic E-state index is 11.8. The number of aliphatic imine (C=N–C) groups is 1. The molecule has 0 saturated heterocycles. The van der Waals surface area contributed by atoms with Gasteiger partial charge in [0.2, 0.25) is 0 Å². The minimum atomic E-state index is -0.179. The first-order chi connectivity index (χ1) is 9.69. The van der Waals surface area contributed by atoms with Crippen LogP contribution in [0.1, 0.15) is 22.9 Å². The van der Waals surface area contributed by atoms with Crippen LogP contribution in [0.25, 0.3) is 0 Å². The molecule has 1 aromatic heterocycles. The maximum absolute atomic E-state index is 11.8. The van der Waals surface area contributed by atoms with Gasteiger partial charge in [-0.25, -0.2) is 4.99 Å². The molecule has 0 saturated carbocycles. The van der Waals surface area contributed by atoms with Crippen molar-refractivity contribution in [3.63, 3.8) is 0 Å². The van der Waals surface area contributed by atoms with Gasteiger partial charge in [0.15, 0.2) is 0 Å². The molecule has 1 amide bonds. The number of amides is 1. The van der Waals surface area contributed by atoms with Gasteiger partial charge >= 0.3 is 0 Å². The summed E-state index contributed by atoms with van der Waals surface area (Å²) < 4.78 is 0. The summed E-state index contributed by atoms with van der Waals surface area (Å²) in [5, 5.41) is 4.76. The van der Waals surface area contributed by atoms with Gasteiger partial charge in [-0.1, -0.05) is 36.7 Å². The van der Waals surface area contributed by atoms with E-state index >= 15 is 0 Å². The highest BCUT2D eigenvalue weighted by atomic mass is 35.5. The molecule has 0 aliphatic carbocycles. The predicted octanol–water partition coefficient (Wildman–Crippen LogP) is 3.75. The van der Waals surface area contributed by atoms with Crippen LogP contribution < -0.4 is 5.32 Å². The second-order valence-corrected chi connectivity index (χ2v) is 6.04. The minimum absolute atomic E-state index is 0.179. The van der Waals surface area contributed by atoms with Crippen LogP contribution in [0.4, 0.5) is 5.00 Å². The summed E-state index contributed by atoms with van der Waals surface area (Å²) in [6, 6.07) is 9.57. The highest BCUT2D eigenvalue weighted by Crippen LogP contribution is 2.33. The van der Waals surface area contributed by atoms with Crippen LogP contribution in [0.3, 0.4) is 0 Å². The molecule has 1 N–H and O–H groups in total. The van der Waals surface area contributed by atoms with Crippen molar-refractivity contribution in [2.45, 2.75) is 13.3 Å². The summed E-state index contributed by atoms with van der Waals surface area (Å²) in [6.07, 6.45) is 0.961. The third-order valence-corrected chi connectivity index (χ3v) is 4.72. The Labute approximate surface area is 126 Å². The first-order valence-electron chi connectivity index (χ1n) is 6.42. The van der Waals surface area contributed by atoms with Gasteiger partial charge < -0.3 is 5.32 Å². The summed E-state index contributed by atoms with van der Waals surface area (Å²) in [4.78, 5) is 17.3. The number of benzene rings is 1. The van der Waals surface area contributed by atoms with Crippen molar-refractivity contribution in [2.24, 2.45) is 4.99 Å². The van der Waals surface area contributed by atoms with E-state index in [1.54, 1.807) is 11.3 Å². The Kier molecular flexibility index (Phi) is 3.59. The number of aryl methyl sites for hydroxylation is 1. The second-order valence-electron chi connectivity index (χ2n) is 4.50. The first-order valence-corrected chi connectivity index (χ1v) is 7.62. The molecular formula is C15H13ClN2OS. The van der Waals surface area contributed by atoms with Gasteiger partial charge in [-0.2, -0.15) is 0 Å². The number of nitrogens with one attached hydrogen (secondary N) is 1. The van der Waals surface area contributed by atoms with Crippen molar-refractivity contribution in [1.82, 2.24) is 0 Å². The van der Waals surface area contributed by atoms with E-state index in [0.717, 1.165) is 22.5 Å². The number of thiophene rings is 1. The number of carbonyl (C=O) groups excluding carboxylic acids is 1. The average Bonchev–Trinajstić information content (AvgIpc) is 2.80. The lowest BCUT2D eigenvalue weighted by atomic mass is 10.0. The predicted molar refractivity (Wildman–Crippen MR) is 84.3 cm³/mol. The highest BCUT2D eigenvalue weighted by Gasteiger charge is 2.21. The second kappa shape index (κ2) is 5.38. The monoisotopic (exact) mass is 304 g/mol. The Hall–Kier alpha value is -1.65. The van der Waals surface area contributed by atoms with E-state index in [4.69, 9.17) is 11.6 Å². The summed E-state index contributed by atoms with van der Waals surface area (Å²) in [5.74, 6) is -0.179. The van der Waals surface area contributed by atoms with E-state index in [-0.39, 0.29) is 12.5 Å². The van der Waals surface area contributed by atoms with E-state index in [0.29, 0.717) is 10.7 Å². The molecule has 0 unspecified atom stereocenters. The molecular weight excluding hydrogens is 292 g/mol. The molecule has 3 nitrogen and oxygen atoms in total. The van der Waals surface area contributed by atoms with Crippen LogP contribution in [0.2, 0.25) is 5.02 Å². The van der Waals surface area contributed by atoms with Crippen LogP contribution in [0, 0.1) is 0 Å². The van der Waals surface area contributed by atoms with Crippen molar-refractivity contribution < 1.29 is 4.79 Å². The average molecular weight is 305 g/mol. The number of anilines is 1. The van der Waals surface area contributed by atoms with Gasteiger partial charge in [0, 0.05) is 21.0 Å². The maximum Gasteiger partial charge on any atom is 0.265 e. The van der Waals surface area contributed by atoms with Gasteiger partial charge in [-0.05, 0) is 18.6 Å². The molecule has 5 heteroatoms. The molecule has 0 atom stereocenters. The molecule has 1 aliphatic rings. The first kappa shape index (κ1) is 13.3. The quantitative estimate of drug-likeness (QED) is 0.918. The number of fused-ring (bicyclic) bond motifs is 1. The standard InChI is InChI=1S/C15H13ClN2OS/c1-2-9-7-11-14(10-5-3-4-6-12(10)16)18-13(19)8-17-15(11)20-9/h3-7,17H,2,8H2,1H3. The van der Waals surface area contributed by atoms with Crippen molar-refractivity contribution in [2.75, 3.05) is 11.9 Å². The van der Waals surface area contributed by atoms with Gasteiger partial charge in [0.25, 0.3) is 5.91 Å². The smallest absolute Gasteiger partial charge is 0.265 e. The Bertz CT molecular complexity index is 706. The summed E-state index contributed by atoms with van der Waals surface area (Å²) in [7, 11) is 0. The molecule has 0 spiro atoms. The molecule has 2 heterocycles. The topological polar surface area (TPSA) is 41.5 Å². The summed E-state index contributed by atoms with van der Waals surface area (Å²) in [5.41, 5.74) is 2.43. The third-order valence-electron chi connectivity index (χ3n) is 3.15. The molecule has 2 aromatic rings. The molecule has 3 rings (SSSR count). The molecule has 1 aliphatic heterocycles. The van der Waals surface area contributed by atoms with E-state index in [9.17, 15) is 4.79 Å². The largest absolute Gasteiger partial charge is 0.367 e. The zero-order chi connectivity index (χ0) is 14.1. The van der Waals surface area contributed by atoms with Crippen molar-refractivity contribution in [3.8, 4) is 0 Å². The Morgan fingerprint density at radius 1 is 1.35 bits per heavy atom. The number of carbonyl (C=O) groups is 1. The lowest BCUT2D eigenvalue weighted by Gasteiger charge is -2.06. The van der Waals surface area contributed by atoms with E-state index in [2.05, 4.69) is 23.3 Å². The van der Waals surface area contributed by atoms with Crippen LogP contribution in [-0.2, 0) is 11.2 Å². The molecule has 20 heavy (non-hydrogen) atoms. The highest BCUT2D eigenvalue weighted by molar-refractivity contribution is 7.16. The van der Waals surface area contributed by atoms with Crippen LogP contribution in [0.15, 0.2) is 35.3 Å². The zero-order valence-electron chi connectivity index (χ0n) is 10.9. The normalized spacial score (nSPS) is 14.3. The molecule has 102 valence electrons. The van der Waals surface area contributed by atoms with E-state index < -0.39 is 0 Å². The number of nitrogens with zero attached hydrogens (tertiary/aromatic N) is 1. The van der Waals surface area contributed by atoms with Gasteiger partial charge in [-0.3, -0.25) is 4.79 Å². The third kappa shape index (κ3) is 2.37. The van der Waals surface area contributed by atoms with E-state index in [1.807, 2.05) is 24.3 Å². The zero-order valence-corrected chi connectivity index (χ0v) is 12.5. The number of hydrogen-bond acceptors (Lipinski definition) is 3. The Morgan fingerprint density at radius 3 is 2.90 bits per heavy atom. The summed E-state index contributed by atoms with van der Waals surface area (Å²) >= 11 is 7.92. The lowest BCUT2D eigenvalue weighted by Crippen LogP contribution is -2.09. The van der Waals surface area contributed by atoms with Crippen LogP contribution >= 0.6 is 22.9 Å². The lowest BCUT2D eigenvalue weighted by molar-refractivity contribution is -0.116. The molecule has 1 aromatic carbocycles. The number of halogens is 1. The SMILES string of the molecule is CCc1cc2c(s1)NCC(=O)N=C2c1ccccc1Cl. The Balaban J connectivity index is 2.20. The van der Waals surface area contributed by atoms with Gasteiger partial charge in [0.05, 0.1) is 17.3 Å². The minimum Gasteiger partial charge on any atom is -0.367 e. The fourth-order valence-electron chi connectivity index (χ4n) is 2.16. The fourth-order valence-corrected chi connectivity index (χ4v) is 3.38. The molecule has 0 radical (unpaired) electrons. The number of hydrogen-bond donors (Lipinski definition) is 1. The fraction of sp³-hybridized carbons (Fsp3) is 0.200. The number of rotatable bonds is 2. The summed E-state index contributed by atoms with van der Waals surface area (Å²) in [6.45, 7) is 2.34. The Morgan fingerprint density at radius 2 is 2.15 bits per heavy atom. The van der Waals surface area contributed by atoms with Crippen LogP contribution in [0.5, 0.6) is 0 Å². The van der Waals surface area contributed by atoms with Crippen LogP contribution in [-0.4, -0.2) is 18.2 Å². The van der Waals surface area contributed by atoms with Gasteiger partial charge in [-0.15, -0.1) is 11.3 Å². The molecule has 0 bridgehead atoms.